The Morgan fingerprint density at radius 1 is 0.889 bits per heavy atom. The second kappa shape index (κ2) is 13.3. The molecule has 1 rings (SSSR count). The van der Waals surface area contributed by atoms with Crippen molar-refractivity contribution in [1.82, 2.24) is 5.32 Å². The van der Waals surface area contributed by atoms with E-state index in [0.717, 1.165) is 25.7 Å². The minimum atomic E-state index is -4.04. The average molecular weight is 398 g/mol. The summed E-state index contributed by atoms with van der Waals surface area (Å²) < 4.78 is 28.4. The molecule has 27 heavy (non-hydrogen) atoms. The van der Waals surface area contributed by atoms with Crippen LogP contribution in [-0.4, -0.2) is 26.8 Å². The van der Waals surface area contributed by atoms with Crippen molar-refractivity contribution < 1.29 is 22.2 Å². The van der Waals surface area contributed by atoms with Crippen LogP contribution in [0.15, 0.2) is 35.2 Å². The van der Waals surface area contributed by atoms with E-state index < -0.39 is 16.1 Å². The molecule has 0 heterocycles. The van der Waals surface area contributed by atoms with E-state index in [1.54, 1.807) is 18.2 Å². The molecule has 0 atom stereocenters. The van der Waals surface area contributed by atoms with Gasteiger partial charge in [-0.1, -0.05) is 57.2 Å². The van der Waals surface area contributed by atoms with Crippen LogP contribution in [-0.2, 0) is 23.9 Å². The highest BCUT2D eigenvalue weighted by Gasteiger charge is 2.19. The van der Waals surface area contributed by atoms with Crippen LogP contribution in [0.3, 0.4) is 0 Å². The molecule has 152 valence electrons. The van der Waals surface area contributed by atoms with Gasteiger partial charge in [0.2, 0.25) is 5.91 Å². The van der Waals surface area contributed by atoms with Crippen molar-refractivity contribution in [2.45, 2.75) is 76.0 Å². The van der Waals surface area contributed by atoms with Crippen LogP contribution in [0.4, 0.5) is 0 Å². The SMILES string of the molecule is CCCCCCCC(=O)NCCCCCC(=O)OS(=O)(=O)c1ccccc1. The standard InChI is InChI=1S/C20H31NO5S/c1-2-3-4-5-10-15-19(22)21-17-12-7-11-16-20(23)26-27(24,25)18-13-8-6-9-14-18/h6,8-9,13-14H,2-5,7,10-12,15-17H2,1H3,(H,21,22). The molecule has 7 heteroatoms. The quantitative estimate of drug-likeness (QED) is 0.379. The Balaban J connectivity index is 2.08. The number of nitrogens with one attached hydrogen (secondary N) is 1. The maximum atomic E-state index is 11.9. The number of carbonyl (C=O) groups excluding carboxylic acids is 2. The number of rotatable bonds is 14. The van der Waals surface area contributed by atoms with Crippen LogP contribution in [0.1, 0.15) is 71.1 Å². The molecule has 0 aliphatic heterocycles. The van der Waals surface area contributed by atoms with Crippen molar-refractivity contribution in [1.29, 1.82) is 0 Å². The van der Waals surface area contributed by atoms with Gasteiger partial charge in [0, 0.05) is 19.4 Å². The molecule has 1 aromatic carbocycles. The third-order valence-electron chi connectivity index (χ3n) is 4.12. The predicted molar refractivity (Wildman–Crippen MR) is 105 cm³/mol. The summed E-state index contributed by atoms with van der Waals surface area (Å²) in [7, 11) is -4.04. The first-order valence-electron chi connectivity index (χ1n) is 9.74. The normalized spacial score (nSPS) is 11.1. The molecule has 0 fully saturated rings. The molecular formula is C20H31NO5S. The molecule has 6 nitrogen and oxygen atoms in total. The molecule has 1 amide bonds. The first-order chi connectivity index (χ1) is 13.0. The smallest absolute Gasteiger partial charge is 0.341 e. The number of amides is 1. The van der Waals surface area contributed by atoms with Gasteiger partial charge in [-0.05, 0) is 31.4 Å². The monoisotopic (exact) mass is 397 g/mol. The van der Waals surface area contributed by atoms with Crippen molar-refractivity contribution in [3.8, 4) is 0 Å². The van der Waals surface area contributed by atoms with Crippen molar-refractivity contribution in [2.75, 3.05) is 6.54 Å². The van der Waals surface area contributed by atoms with E-state index in [0.29, 0.717) is 19.4 Å². The Labute approximate surface area is 162 Å². The Kier molecular flexibility index (Phi) is 11.4. The third-order valence-corrected chi connectivity index (χ3v) is 5.38. The van der Waals surface area contributed by atoms with Crippen LogP contribution in [0, 0.1) is 0 Å². The lowest BCUT2D eigenvalue weighted by atomic mass is 10.1. The molecule has 0 aromatic heterocycles. The molecule has 0 spiro atoms. The lowest BCUT2D eigenvalue weighted by Crippen LogP contribution is -2.24. The van der Waals surface area contributed by atoms with Crippen LogP contribution in [0.2, 0.25) is 0 Å². The van der Waals surface area contributed by atoms with E-state index >= 15 is 0 Å². The fraction of sp³-hybridized carbons (Fsp3) is 0.600. The summed E-state index contributed by atoms with van der Waals surface area (Å²) in [6.45, 7) is 2.74. The Morgan fingerprint density at radius 2 is 1.52 bits per heavy atom. The number of hydrogen-bond acceptors (Lipinski definition) is 5. The number of benzene rings is 1. The summed E-state index contributed by atoms with van der Waals surface area (Å²) in [5, 5.41) is 2.87. The van der Waals surface area contributed by atoms with Crippen LogP contribution in [0.5, 0.6) is 0 Å². The first-order valence-corrected chi connectivity index (χ1v) is 11.2. The van der Waals surface area contributed by atoms with E-state index in [-0.39, 0.29) is 17.2 Å². The fourth-order valence-corrected chi connectivity index (χ4v) is 3.49. The molecule has 0 unspecified atom stereocenters. The Morgan fingerprint density at radius 3 is 2.22 bits per heavy atom. The molecular weight excluding hydrogens is 366 g/mol. The molecule has 0 radical (unpaired) electrons. The van der Waals surface area contributed by atoms with Crippen LogP contribution >= 0.6 is 0 Å². The molecule has 0 bridgehead atoms. The highest BCUT2D eigenvalue weighted by molar-refractivity contribution is 7.87. The lowest BCUT2D eigenvalue weighted by Gasteiger charge is -2.06. The molecule has 1 N–H and O–H groups in total. The number of carbonyl (C=O) groups is 2. The predicted octanol–water partition coefficient (Wildman–Crippen LogP) is 3.96. The Hall–Kier alpha value is -1.89. The lowest BCUT2D eigenvalue weighted by molar-refractivity contribution is -0.134. The van der Waals surface area contributed by atoms with Gasteiger partial charge in [0.25, 0.3) is 0 Å². The van der Waals surface area contributed by atoms with Gasteiger partial charge in [0.1, 0.15) is 4.90 Å². The van der Waals surface area contributed by atoms with Crippen LogP contribution in [0.25, 0.3) is 0 Å². The third kappa shape index (κ3) is 10.8. The minimum absolute atomic E-state index is 0.0317. The summed E-state index contributed by atoms with van der Waals surface area (Å²) >= 11 is 0. The zero-order chi connectivity index (χ0) is 20.0. The Bertz CT molecular complexity index is 658. The second-order valence-corrected chi connectivity index (χ2v) is 8.09. The maximum Gasteiger partial charge on any atom is 0.341 e. The maximum absolute atomic E-state index is 11.9. The first kappa shape index (κ1) is 23.1. The van der Waals surface area contributed by atoms with Gasteiger partial charge in [-0.2, -0.15) is 8.42 Å². The van der Waals surface area contributed by atoms with Gasteiger partial charge in [0.15, 0.2) is 0 Å². The van der Waals surface area contributed by atoms with Crippen molar-refractivity contribution in [3.63, 3.8) is 0 Å². The van der Waals surface area contributed by atoms with Gasteiger partial charge in [-0.3, -0.25) is 9.59 Å². The average Bonchev–Trinajstić information content (AvgIpc) is 2.64. The molecule has 0 aliphatic carbocycles. The van der Waals surface area contributed by atoms with E-state index in [2.05, 4.69) is 16.4 Å². The van der Waals surface area contributed by atoms with Gasteiger partial charge in [-0.15, -0.1) is 0 Å². The summed E-state index contributed by atoms with van der Waals surface area (Å²) in [5.74, 6) is -0.685. The van der Waals surface area contributed by atoms with Crippen molar-refractivity contribution in [3.05, 3.63) is 30.3 Å². The topological polar surface area (TPSA) is 89.5 Å². The molecule has 0 saturated heterocycles. The zero-order valence-electron chi connectivity index (χ0n) is 16.1. The van der Waals surface area contributed by atoms with Gasteiger partial charge in [-0.25, -0.2) is 0 Å². The summed E-state index contributed by atoms with van der Waals surface area (Å²) in [5.41, 5.74) is 0. The van der Waals surface area contributed by atoms with Crippen molar-refractivity contribution in [2.24, 2.45) is 0 Å². The largest absolute Gasteiger partial charge is 0.356 e. The van der Waals surface area contributed by atoms with E-state index in [1.807, 2.05) is 0 Å². The van der Waals surface area contributed by atoms with Crippen LogP contribution < -0.4 is 5.32 Å². The second-order valence-electron chi connectivity index (χ2n) is 6.55. The van der Waals surface area contributed by atoms with Crippen molar-refractivity contribution >= 4 is 22.0 Å². The van der Waals surface area contributed by atoms with Gasteiger partial charge >= 0.3 is 16.1 Å². The highest BCUT2D eigenvalue weighted by atomic mass is 32.2. The summed E-state index contributed by atoms with van der Waals surface area (Å²) in [4.78, 5) is 23.3. The van der Waals surface area contributed by atoms with Gasteiger partial charge < -0.3 is 9.50 Å². The summed E-state index contributed by atoms with van der Waals surface area (Å²) in [6, 6.07) is 7.59. The molecule has 0 saturated carbocycles. The van der Waals surface area contributed by atoms with E-state index in [4.69, 9.17) is 0 Å². The number of unbranched alkanes of at least 4 members (excludes halogenated alkanes) is 6. The minimum Gasteiger partial charge on any atom is -0.356 e. The zero-order valence-corrected chi connectivity index (χ0v) is 16.9. The summed E-state index contributed by atoms with van der Waals surface area (Å²) in [6.07, 6.45) is 8.20. The molecule has 0 aliphatic rings. The highest BCUT2D eigenvalue weighted by Crippen LogP contribution is 2.13. The van der Waals surface area contributed by atoms with Gasteiger partial charge in [0.05, 0.1) is 0 Å². The molecule has 1 aromatic rings. The number of hydrogen-bond donors (Lipinski definition) is 1. The van der Waals surface area contributed by atoms with E-state index in [9.17, 15) is 18.0 Å². The van der Waals surface area contributed by atoms with E-state index in [1.165, 1.54) is 31.4 Å². The fourth-order valence-electron chi connectivity index (χ4n) is 2.58.